The highest BCUT2D eigenvalue weighted by atomic mass is 127. The number of aliphatic imine (C=N–C) groups is 1. The summed E-state index contributed by atoms with van der Waals surface area (Å²) in [6.45, 7) is 4.51. The van der Waals surface area contributed by atoms with E-state index in [9.17, 15) is 0 Å². The van der Waals surface area contributed by atoms with E-state index in [1.54, 1.807) is 20.4 Å². The van der Waals surface area contributed by atoms with E-state index in [2.05, 4.69) is 20.6 Å². The van der Waals surface area contributed by atoms with Gasteiger partial charge in [-0.1, -0.05) is 0 Å². The number of hydrogen-bond donors (Lipinski definition) is 2. The van der Waals surface area contributed by atoms with Crippen molar-refractivity contribution in [2.75, 3.05) is 33.9 Å². The van der Waals surface area contributed by atoms with Crippen molar-refractivity contribution in [2.45, 2.75) is 13.5 Å². The second kappa shape index (κ2) is 13.2. The Morgan fingerprint density at radius 3 is 2.52 bits per heavy atom. The zero-order chi connectivity index (χ0) is 18.6. The third kappa shape index (κ3) is 8.44. The summed E-state index contributed by atoms with van der Waals surface area (Å²) < 4.78 is 16.2. The van der Waals surface area contributed by atoms with Crippen molar-refractivity contribution in [2.24, 2.45) is 4.99 Å². The molecule has 0 radical (unpaired) electrons. The fraction of sp³-hybridized carbons (Fsp3) is 0.368. The number of ether oxygens (including phenoxy) is 3. The number of nitrogens with zero attached hydrogens (tertiary/aromatic N) is 2. The van der Waals surface area contributed by atoms with Gasteiger partial charge in [0.15, 0.2) is 5.96 Å². The summed E-state index contributed by atoms with van der Waals surface area (Å²) in [6.07, 6.45) is 1.72. The molecule has 0 spiro atoms. The molecule has 0 atom stereocenters. The Balaban J connectivity index is 0.00000364. The van der Waals surface area contributed by atoms with E-state index in [4.69, 9.17) is 14.2 Å². The van der Waals surface area contributed by atoms with E-state index in [-0.39, 0.29) is 24.0 Å². The van der Waals surface area contributed by atoms with Crippen molar-refractivity contribution in [1.82, 2.24) is 15.6 Å². The number of halogens is 1. The van der Waals surface area contributed by atoms with E-state index in [1.807, 2.05) is 43.3 Å². The zero-order valence-corrected chi connectivity index (χ0v) is 18.2. The number of rotatable bonds is 9. The van der Waals surface area contributed by atoms with Crippen LogP contribution in [0.5, 0.6) is 17.4 Å². The lowest BCUT2D eigenvalue weighted by atomic mass is 10.2. The van der Waals surface area contributed by atoms with Crippen molar-refractivity contribution in [3.8, 4) is 17.4 Å². The number of benzene rings is 1. The predicted octanol–water partition coefficient (Wildman–Crippen LogP) is 3.20. The first-order valence-corrected chi connectivity index (χ1v) is 8.54. The Morgan fingerprint density at radius 2 is 1.85 bits per heavy atom. The van der Waals surface area contributed by atoms with E-state index in [1.165, 1.54) is 0 Å². The lowest BCUT2D eigenvalue weighted by Gasteiger charge is -2.12. The van der Waals surface area contributed by atoms with Crippen LogP contribution in [0.25, 0.3) is 0 Å². The maximum atomic E-state index is 5.81. The zero-order valence-electron chi connectivity index (χ0n) is 15.9. The molecule has 1 aromatic heterocycles. The van der Waals surface area contributed by atoms with Crippen molar-refractivity contribution in [3.63, 3.8) is 0 Å². The van der Waals surface area contributed by atoms with Gasteiger partial charge >= 0.3 is 0 Å². The fourth-order valence-corrected chi connectivity index (χ4v) is 2.19. The monoisotopic (exact) mass is 486 g/mol. The van der Waals surface area contributed by atoms with Crippen LogP contribution in [0, 0.1) is 0 Å². The maximum absolute atomic E-state index is 5.81. The summed E-state index contributed by atoms with van der Waals surface area (Å²) in [5.41, 5.74) is 1.04. The molecule has 0 aliphatic rings. The van der Waals surface area contributed by atoms with Gasteiger partial charge in [-0.15, -0.1) is 24.0 Å². The summed E-state index contributed by atoms with van der Waals surface area (Å²) in [5, 5.41) is 6.41. The number of nitrogens with one attached hydrogen (secondary N) is 2. The minimum atomic E-state index is 0. The smallest absolute Gasteiger partial charge is 0.219 e. The van der Waals surface area contributed by atoms with Crippen LogP contribution in [0.2, 0.25) is 0 Å². The SMILES string of the molecule is CCOc1ccc(Oc2cc(CNC(=NC)NCCOC)ccn2)cc1.I. The Kier molecular flexibility index (Phi) is 11.2. The molecular formula is C19H27IN4O3. The van der Waals surface area contributed by atoms with Crippen LogP contribution in [0.3, 0.4) is 0 Å². The number of guanidine groups is 1. The largest absolute Gasteiger partial charge is 0.494 e. The van der Waals surface area contributed by atoms with Crippen LogP contribution in [0.1, 0.15) is 12.5 Å². The molecule has 0 aliphatic carbocycles. The molecule has 0 unspecified atom stereocenters. The van der Waals surface area contributed by atoms with Crippen molar-refractivity contribution in [1.29, 1.82) is 0 Å². The van der Waals surface area contributed by atoms with E-state index in [0.717, 1.165) is 11.3 Å². The van der Waals surface area contributed by atoms with Crippen LogP contribution in [0.4, 0.5) is 0 Å². The molecule has 2 aromatic rings. The van der Waals surface area contributed by atoms with Gasteiger partial charge in [0.2, 0.25) is 5.88 Å². The highest BCUT2D eigenvalue weighted by Gasteiger charge is 2.03. The molecular weight excluding hydrogens is 459 g/mol. The number of aromatic nitrogens is 1. The van der Waals surface area contributed by atoms with Gasteiger partial charge in [-0.05, 0) is 42.8 Å². The lowest BCUT2D eigenvalue weighted by molar-refractivity contribution is 0.203. The summed E-state index contributed by atoms with van der Waals surface area (Å²) in [6, 6.07) is 11.3. The summed E-state index contributed by atoms with van der Waals surface area (Å²) >= 11 is 0. The van der Waals surface area contributed by atoms with Crippen molar-refractivity contribution >= 4 is 29.9 Å². The number of hydrogen-bond acceptors (Lipinski definition) is 5. The molecule has 0 bridgehead atoms. The normalized spacial score (nSPS) is 10.7. The molecule has 7 nitrogen and oxygen atoms in total. The molecule has 2 N–H and O–H groups in total. The Hall–Kier alpha value is -2.07. The number of pyridine rings is 1. The third-order valence-electron chi connectivity index (χ3n) is 3.44. The standard InChI is InChI=1S/C19H26N4O3.HI/c1-4-25-16-5-7-17(8-6-16)26-18-13-15(9-10-21-18)14-23-19(20-2)22-11-12-24-3;/h5-10,13H,4,11-12,14H2,1-3H3,(H2,20,22,23);1H. The van der Waals surface area contributed by atoms with Gasteiger partial charge in [0, 0.05) is 39.5 Å². The Labute approximate surface area is 177 Å². The molecule has 1 heterocycles. The second-order valence-corrected chi connectivity index (χ2v) is 5.35. The van der Waals surface area contributed by atoms with Crippen LogP contribution in [-0.2, 0) is 11.3 Å². The van der Waals surface area contributed by atoms with Crippen LogP contribution in [-0.4, -0.2) is 44.9 Å². The van der Waals surface area contributed by atoms with E-state index < -0.39 is 0 Å². The van der Waals surface area contributed by atoms with Gasteiger partial charge in [-0.25, -0.2) is 4.98 Å². The lowest BCUT2D eigenvalue weighted by Crippen LogP contribution is -2.38. The molecule has 0 aliphatic heterocycles. The third-order valence-corrected chi connectivity index (χ3v) is 3.44. The maximum Gasteiger partial charge on any atom is 0.219 e. The van der Waals surface area contributed by atoms with Gasteiger partial charge < -0.3 is 24.8 Å². The van der Waals surface area contributed by atoms with Gasteiger partial charge in [-0.2, -0.15) is 0 Å². The first-order chi connectivity index (χ1) is 12.7. The Bertz CT molecular complexity index is 696. The fourth-order valence-electron chi connectivity index (χ4n) is 2.19. The molecule has 0 fully saturated rings. The van der Waals surface area contributed by atoms with E-state index in [0.29, 0.717) is 43.9 Å². The topological polar surface area (TPSA) is 77.0 Å². The van der Waals surface area contributed by atoms with Gasteiger partial charge in [0.1, 0.15) is 11.5 Å². The quantitative estimate of drug-likeness (QED) is 0.246. The molecule has 0 amide bonds. The first kappa shape index (κ1) is 23.0. The summed E-state index contributed by atoms with van der Waals surface area (Å²) in [5.74, 6) is 2.78. The predicted molar refractivity (Wildman–Crippen MR) is 117 cm³/mol. The summed E-state index contributed by atoms with van der Waals surface area (Å²) in [7, 11) is 3.40. The van der Waals surface area contributed by atoms with Crippen LogP contribution >= 0.6 is 24.0 Å². The van der Waals surface area contributed by atoms with Gasteiger partial charge in [0.05, 0.1) is 13.2 Å². The van der Waals surface area contributed by atoms with Gasteiger partial charge in [0.25, 0.3) is 0 Å². The minimum Gasteiger partial charge on any atom is -0.494 e. The van der Waals surface area contributed by atoms with E-state index >= 15 is 0 Å². The minimum absolute atomic E-state index is 0. The highest BCUT2D eigenvalue weighted by Crippen LogP contribution is 2.23. The molecule has 0 saturated heterocycles. The average molecular weight is 486 g/mol. The van der Waals surface area contributed by atoms with Gasteiger partial charge in [-0.3, -0.25) is 4.99 Å². The molecule has 0 saturated carbocycles. The molecule has 8 heteroatoms. The highest BCUT2D eigenvalue weighted by molar-refractivity contribution is 14.0. The van der Waals surface area contributed by atoms with Crippen LogP contribution in [0.15, 0.2) is 47.6 Å². The average Bonchev–Trinajstić information content (AvgIpc) is 2.67. The first-order valence-electron chi connectivity index (χ1n) is 8.54. The molecule has 27 heavy (non-hydrogen) atoms. The number of methoxy groups -OCH3 is 1. The molecule has 148 valence electrons. The molecule has 2 rings (SSSR count). The second-order valence-electron chi connectivity index (χ2n) is 5.35. The van der Waals surface area contributed by atoms with Crippen molar-refractivity contribution in [3.05, 3.63) is 48.2 Å². The van der Waals surface area contributed by atoms with Crippen molar-refractivity contribution < 1.29 is 14.2 Å². The molecule has 1 aromatic carbocycles. The van der Waals surface area contributed by atoms with Crippen LogP contribution < -0.4 is 20.1 Å². The summed E-state index contributed by atoms with van der Waals surface area (Å²) in [4.78, 5) is 8.43. The Morgan fingerprint density at radius 1 is 1.11 bits per heavy atom.